The molecule has 2 N–H and O–H groups in total. The molecule has 4 aromatic rings. The number of rotatable bonds is 8. The molecule has 2 aromatic heterocycles. The SMILES string of the molecule is CCc1cc(Sc2cc(C)c(O)c(C(C)c3ccncc3)c2)cc(C(CC)c2ccncc2)c1O. The third-order valence-electron chi connectivity index (χ3n) is 6.68. The van der Waals surface area contributed by atoms with Crippen molar-refractivity contribution in [3.05, 3.63) is 107 Å². The highest BCUT2D eigenvalue weighted by molar-refractivity contribution is 7.99. The number of aromatic nitrogens is 2. The van der Waals surface area contributed by atoms with Gasteiger partial charge in [-0.05, 0) is 90.6 Å². The van der Waals surface area contributed by atoms with Gasteiger partial charge in [-0.3, -0.25) is 9.97 Å². The van der Waals surface area contributed by atoms with Crippen LogP contribution in [0.5, 0.6) is 11.5 Å². The van der Waals surface area contributed by atoms with Gasteiger partial charge in [0, 0.05) is 57.5 Å². The van der Waals surface area contributed by atoms with Crippen LogP contribution in [-0.2, 0) is 6.42 Å². The second kappa shape index (κ2) is 11.0. The minimum Gasteiger partial charge on any atom is -0.507 e. The van der Waals surface area contributed by atoms with Gasteiger partial charge in [0.05, 0.1) is 0 Å². The summed E-state index contributed by atoms with van der Waals surface area (Å²) in [5.41, 5.74) is 5.90. The summed E-state index contributed by atoms with van der Waals surface area (Å²) in [6.45, 7) is 8.26. The summed E-state index contributed by atoms with van der Waals surface area (Å²) in [7, 11) is 0. The maximum atomic E-state index is 11.1. The van der Waals surface area contributed by atoms with E-state index in [1.54, 1.807) is 36.5 Å². The van der Waals surface area contributed by atoms with Crippen LogP contribution in [0.2, 0.25) is 0 Å². The summed E-state index contributed by atoms with van der Waals surface area (Å²) in [4.78, 5) is 10.4. The van der Waals surface area contributed by atoms with E-state index in [9.17, 15) is 10.2 Å². The maximum absolute atomic E-state index is 11.1. The van der Waals surface area contributed by atoms with Crippen molar-refractivity contribution in [3.63, 3.8) is 0 Å². The Kier molecular flexibility index (Phi) is 7.76. The fraction of sp³-hybridized carbons (Fsp3) is 0.267. The lowest BCUT2D eigenvalue weighted by Crippen LogP contribution is -2.02. The summed E-state index contributed by atoms with van der Waals surface area (Å²) in [6.07, 6.45) is 8.80. The van der Waals surface area contributed by atoms with E-state index in [0.717, 1.165) is 56.0 Å². The van der Waals surface area contributed by atoms with E-state index in [4.69, 9.17) is 0 Å². The fourth-order valence-electron chi connectivity index (χ4n) is 4.64. The number of phenolic OH excluding ortho intramolecular Hbond substituents is 2. The van der Waals surface area contributed by atoms with Crippen LogP contribution in [0.1, 0.15) is 72.4 Å². The highest BCUT2D eigenvalue weighted by Gasteiger charge is 2.21. The fourth-order valence-corrected chi connectivity index (χ4v) is 5.72. The molecule has 2 aromatic carbocycles. The molecule has 4 nitrogen and oxygen atoms in total. The number of nitrogens with zero attached hydrogens (tertiary/aromatic N) is 2. The molecule has 0 saturated heterocycles. The first-order chi connectivity index (χ1) is 16.9. The van der Waals surface area contributed by atoms with Crippen LogP contribution >= 0.6 is 11.8 Å². The number of hydrogen-bond donors (Lipinski definition) is 2. The van der Waals surface area contributed by atoms with Gasteiger partial charge in [0.25, 0.3) is 0 Å². The molecule has 2 atom stereocenters. The number of aryl methyl sites for hydroxylation is 2. The molecule has 0 bridgehead atoms. The van der Waals surface area contributed by atoms with Crippen LogP contribution in [0.4, 0.5) is 0 Å². The molecular formula is C30H32N2O2S. The first kappa shape index (κ1) is 24.8. The molecule has 0 radical (unpaired) electrons. The average molecular weight is 485 g/mol. The Morgan fingerprint density at radius 1 is 0.771 bits per heavy atom. The summed E-state index contributed by atoms with van der Waals surface area (Å²) in [5, 5.41) is 22.0. The molecule has 180 valence electrons. The van der Waals surface area contributed by atoms with Crippen LogP contribution in [-0.4, -0.2) is 20.2 Å². The molecule has 0 spiro atoms. The van der Waals surface area contributed by atoms with E-state index in [-0.39, 0.29) is 11.8 Å². The molecule has 4 rings (SSSR count). The van der Waals surface area contributed by atoms with Crippen LogP contribution in [0, 0.1) is 6.92 Å². The van der Waals surface area contributed by atoms with Gasteiger partial charge in [0.15, 0.2) is 0 Å². The highest BCUT2D eigenvalue weighted by Crippen LogP contribution is 2.43. The van der Waals surface area contributed by atoms with E-state index in [2.05, 4.69) is 48.9 Å². The lowest BCUT2D eigenvalue weighted by Gasteiger charge is -2.21. The predicted octanol–water partition coefficient (Wildman–Crippen LogP) is 7.60. The average Bonchev–Trinajstić information content (AvgIpc) is 2.89. The maximum Gasteiger partial charge on any atom is 0.122 e. The van der Waals surface area contributed by atoms with Gasteiger partial charge in [-0.25, -0.2) is 0 Å². The van der Waals surface area contributed by atoms with Gasteiger partial charge in [-0.15, -0.1) is 0 Å². The monoisotopic (exact) mass is 484 g/mol. The van der Waals surface area contributed by atoms with Crippen molar-refractivity contribution in [1.29, 1.82) is 0 Å². The number of aromatic hydroxyl groups is 2. The third-order valence-corrected chi connectivity index (χ3v) is 7.62. The summed E-state index contributed by atoms with van der Waals surface area (Å²) in [6, 6.07) is 16.3. The predicted molar refractivity (Wildman–Crippen MR) is 143 cm³/mol. The molecule has 0 saturated carbocycles. The van der Waals surface area contributed by atoms with Crippen LogP contribution in [0.25, 0.3) is 0 Å². The first-order valence-electron chi connectivity index (χ1n) is 12.1. The molecule has 35 heavy (non-hydrogen) atoms. The normalized spacial score (nSPS) is 12.9. The van der Waals surface area contributed by atoms with Crippen molar-refractivity contribution >= 4 is 11.8 Å². The zero-order valence-electron chi connectivity index (χ0n) is 20.7. The van der Waals surface area contributed by atoms with E-state index in [1.165, 1.54) is 0 Å². The Morgan fingerprint density at radius 2 is 1.34 bits per heavy atom. The van der Waals surface area contributed by atoms with Gasteiger partial charge in [0.1, 0.15) is 11.5 Å². The third kappa shape index (κ3) is 5.35. The van der Waals surface area contributed by atoms with E-state index < -0.39 is 0 Å². The Labute approximate surface area is 212 Å². The molecule has 5 heteroatoms. The zero-order chi connectivity index (χ0) is 24.9. The number of benzene rings is 2. The molecule has 0 aliphatic heterocycles. The van der Waals surface area contributed by atoms with E-state index in [0.29, 0.717) is 11.5 Å². The number of phenols is 2. The van der Waals surface area contributed by atoms with Crippen molar-refractivity contribution in [2.75, 3.05) is 0 Å². The number of hydrogen-bond acceptors (Lipinski definition) is 5. The molecule has 2 unspecified atom stereocenters. The van der Waals surface area contributed by atoms with Crippen molar-refractivity contribution in [1.82, 2.24) is 9.97 Å². The smallest absolute Gasteiger partial charge is 0.122 e. The summed E-state index contributed by atoms with van der Waals surface area (Å²) >= 11 is 1.67. The van der Waals surface area contributed by atoms with Crippen LogP contribution in [0.15, 0.2) is 83.1 Å². The standard InChI is InChI=1S/C30H32N2O2S/c1-5-21-16-25(18-28(30(21)34)26(6-2)23-9-13-32-14-10-23)35-24-15-19(3)29(33)27(17-24)20(4)22-7-11-31-12-8-22/h7-18,20,26,33-34H,5-6H2,1-4H3. The largest absolute Gasteiger partial charge is 0.507 e. The molecular weight excluding hydrogens is 452 g/mol. The van der Waals surface area contributed by atoms with Gasteiger partial charge >= 0.3 is 0 Å². The van der Waals surface area contributed by atoms with Crippen molar-refractivity contribution < 1.29 is 10.2 Å². The van der Waals surface area contributed by atoms with Crippen molar-refractivity contribution in [3.8, 4) is 11.5 Å². The van der Waals surface area contributed by atoms with Gasteiger partial charge in [0.2, 0.25) is 0 Å². The van der Waals surface area contributed by atoms with Crippen molar-refractivity contribution in [2.24, 2.45) is 0 Å². The van der Waals surface area contributed by atoms with Gasteiger partial charge < -0.3 is 10.2 Å². The Balaban J connectivity index is 1.74. The summed E-state index contributed by atoms with van der Waals surface area (Å²) < 4.78 is 0. The second-order valence-electron chi connectivity index (χ2n) is 8.90. The highest BCUT2D eigenvalue weighted by atomic mass is 32.2. The molecule has 0 amide bonds. The minimum absolute atomic E-state index is 0.0370. The Hall–Kier alpha value is -3.31. The van der Waals surface area contributed by atoms with E-state index in [1.807, 2.05) is 37.3 Å². The molecule has 2 heterocycles. The second-order valence-corrected chi connectivity index (χ2v) is 10.0. The minimum atomic E-state index is 0.0370. The van der Waals surface area contributed by atoms with Crippen molar-refractivity contribution in [2.45, 2.75) is 62.2 Å². The zero-order valence-corrected chi connectivity index (χ0v) is 21.5. The molecule has 0 aliphatic carbocycles. The Morgan fingerprint density at radius 3 is 1.94 bits per heavy atom. The van der Waals surface area contributed by atoms with Crippen LogP contribution < -0.4 is 0 Å². The number of pyridine rings is 2. The molecule has 0 aliphatic rings. The quantitative estimate of drug-likeness (QED) is 0.269. The lowest BCUT2D eigenvalue weighted by molar-refractivity contribution is 0.456. The lowest BCUT2D eigenvalue weighted by atomic mass is 9.87. The first-order valence-corrected chi connectivity index (χ1v) is 12.9. The Bertz CT molecular complexity index is 1290. The van der Waals surface area contributed by atoms with Crippen LogP contribution in [0.3, 0.4) is 0 Å². The molecule has 0 fully saturated rings. The summed E-state index contributed by atoms with van der Waals surface area (Å²) in [5.74, 6) is 0.847. The van der Waals surface area contributed by atoms with Gasteiger partial charge in [-0.2, -0.15) is 0 Å². The van der Waals surface area contributed by atoms with E-state index >= 15 is 0 Å². The van der Waals surface area contributed by atoms with Gasteiger partial charge in [-0.1, -0.05) is 32.5 Å². The topological polar surface area (TPSA) is 66.2 Å².